The van der Waals surface area contributed by atoms with Crippen molar-refractivity contribution in [2.45, 2.75) is 17.7 Å². The van der Waals surface area contributed by atoms with Crippen molar-refractivity contribution in [2.75, 3.05) is 6.54 Å². The third-order valence-corrected chi connectivity index (χ3v) is 3.24. The highest BCUT2D eigenvalue weighted by atomic mass is 32.2. The largest absolute Gasteiger partial charge is 0.409 e. The van der Waals surface area contributed by atoms with Crippen molar-refractivity contribution >= 4 is 15.9 Å². The zero-order valence-corrected chi connectivity index (χ0v) is 9.24. The molecule has 0 fully saturated rings. The fourth-order valence-corrected chi connectivity index (χ4v) is 1.97. The summed E-state index contributed by atoms with van der Waals surface area (Å²) in [6.45, 7) is 0.212. The fraction of sp³-hybridized carbons (Fsp3) is 0.429. The Hall–Kier alpha value is -1.61. The van der Waals surface area contributed by atoms with E-state index < -0.39 is 10.0 Å². The van der Waals surface area contributed by atoms with Crippen LogP contribution in [0.3, 0.4) is 0 Å². The summed E-state index contributed by atoms with van der Waals surface area (Å²) >= 11 is 0. The van der Waals surface area contributed by atoms with E-state index in [2.05, 4.69) is 20.1 Å². The van der Waals surface area contributed by atoms with Crippen molar-refractivity contribution in [3.63, 3.8) is 0 Å². The second-order valence-electron chi connectivity index (χ2n) is 3.03. The van der Waals surface area contributed by atoms with E-state index in [9.17, 15) is 8.42 Å². The molecule has 0 aliphatic heterocycles. The van der Waals surface area contributed by atoms with Crippen LogP contribution in [-0.2, 0) is 10.0 Å². The normalized spacial score (nSPS) is 12.9. The number of nitrogens with two attached hydrogens (primary N) is 1. The Balaban J connectivity index is 2.39. The van der Waals surface area contributed by atoms with Crippen LogP contribution in [0.25, 0.3) is 0 Å². The number of rotatable bonds is 6. The van der Waals surface area contributed by atoms with Gasteiger partial charge < -0.3 is 10.9 Å². The number of aromatic nitrogens is 2. The molecular formula is C7H13N5O3S. The van der Waals surface area contributed by atoms with Gasteiger partial charge in [-0.15, -0.1) is 0 Å². The Morgan fingerprint density at radius 1 is 1.69 bits per heavy atom. The van der Waals surface area contributed by atoms with Crippen LogP contribution >= 0.6 is 0 Å². The lowest BCUT2D eigenvalue weighted by atomic mass is 10.3. The maximum absolute atomic E-state index is 11.5. The molecule has 1 heterocycles. The lowest BCUT2D eigenvalue weighted by Gasteiger charge is -2.03. The number of oxime groups is 1. The smallest absolute Gasteiger partial charge is 0.243 e. The van der Waals surface area contributed by atoms with Gasteiger partial charge in [0.2, 0.25) is 10.0 Å². The number of nitrogens with zero attached hydrogens (tertiary/aromatic N) is 2. The molecule has 5 N–H and O–H groups in total. The quantitative estimate of drug-likeness (QED) is 0.172. The number of H-pyrrole nitrogens is 1. The van der Waals surface area contributed by atoms with Gasteiger partial charge in [-0.2, -0.15) is 5.10 Å². The van der Waals surface area contributed by atoms with Gasteiger partial charge in [-0.1, -0.05) is 5.16 Å². The lowest BCUT2D eigenvalue weighted by Crippen LogP contribution is -2.25. The molecule has 9 heteroatoms. The Labute approximate surface area is 92.6 Å². The van der Waals surface area contributed by atoms with E-state index in [4.69, 9.17) is 10.9 Å². The molecule has 8 nitrogen and oxygen atoms in total. The first-order chi connectivity index (χ1) is 7.56. The molecule has 1 rings (SSSR count). The van der Waals surface area contributed by atoms with Gasteiger partial charge in [0.25, 0.3) is 0 Å². The predicted molar refractivity (Wildman–Crippen MR) is 56.4 cm³/mol. The predicted octanol–water partition coefficient (Wildman–Crippen LogP) is -0.785. The standard InChI is InChI=1S/C7H13N5O3S/c8-7(12-13)2-1-3-11-16(14,15)6-4-9-10-5-6/h4-5,11,13H,1-3H2,(H2,8,12)(H,9,10). The highest BCUT2D eigenvalue weighted by molar-refractivity contribution is 7.89. The van der Waals surface area contributed by atoms with Crippen LogP contribution in [0.1, 0.15) is 12.8 Å². The van der Waals surface area contributed by atoms with Crippen molar-refractivity contribution in [3.8, 4) is 0 Å². The number of aromatic amines is 1. The highest BCUT2D eigenvalue weighted by Crippen LogP contribution is 2.03. The third kappa shape index (κ3) is 3.51. The molecule has 0 atom stereocenters. The molecule has 0 saturated carbocycles. The van der Waals surface area contributed by atoms with Crippen LogP contribution in [0.2, 0.25) is 0 Å². The average Bonchev–Trinajstić information content (AvgIpc) is 2.78. The highest BCUT2D eigenvalue weighted by Gasteiger charge is 2.13. The maximum atomic E-state index is 11.5. The van der Waals surface area contributed by atoms with Gasteiger partial charge in [0.05, 0.1) is 6.20 Å². The monoisotopic (exact) mass is 247 g/mol. The second-order valence-corrected chi connectivity index (χ2v) is 4.79. The molecule has 0 aliphatic carbocycles. The van der Waals surface area contributed by atoms with Crippen LogP contribution in [-0.4, -0.2) is 36.2 Å². The maximum Gasteiger partial charge on any atom is 0.243 e. The fourth-order valence-electron chi connectivity index (χ4n) is 0.995. The van der Waals surface area contributed by atoms with Gasteiger partial charge in [-0.05, 0) is 6.42 Å². The minimum absolute atomic E-state index is 0.0718. The van der Waals surface area contributed by atoms with Crippen LogP contribution in [0.5, 0.6) is 0 Å². The Bertz CT molecular complexity index is 439. The van der Waals surface area contributed by atoms with Gasteiger partial charge in [0.15, 0.2) is 0 Å². The van der Waals surface area contributed by atoms with E-state index in [0.717, 1.165) is 0 Å². The van der Waals surface area contributed by atoms with Gasteiger partial charge in [-0.25, -0.2) is 13.1 Å². The Morgan fingerprint density at radius 3 is 3.00 bits per heavy atom. The van der Waals surface area contributed by atoms with Gasteiger partial charge in [0.1, 0.15) is 10.7 Å². The summed E-state index contributed by atoms with van der Waals surface area (Å²) in [6, 6.07) is 0. The number of nitrogens with one attached hydrogen (secondary N) is 2. The molecule has 0 aliphatic rings. The van der Waals surface area contributed by atoms with Crippen LogP contribution in [0.4, 0.5) is 0 Å². The average molecular weight is 247 g/mol. The van der Waals surface area contributed by atoms with Crippen molar-refractivity contribution in [1.29, 1.82) is 0 Å². The SMILES string of the molecule is NC(CCCNS(=O)(=O)c1cn[nH]c1)=NO. The van der Waals surface area contributed by atoms with E-state index >= 15 is 0 Å². The first kappa shape index (κ1) is 12.5. The Morgan fingerprint density at radius 2 is 2.44 bits per heavy atom. The molecule has 0 spiro atoms. The van der Waals surface area contributed by atoms with Crippen molar-refractivity contribution < 1.29 is 13.6 Å². The first-order valence-electron chi connectivity index (χ1n) is 4.51. The van der Waals surface area contributed by atoms with Crippen LogP contribution in [0.15, 0.2) is 22.4 Å². The summed E-state index contributed by atoms with van der Waals surface area (Å²) in [5.74, 6) is 0.0718. The summed E-state index contributed by atoms with van der Waals surface area (Å²) in [7, 11) is -3.51. The molecule has 0 saturated heterocycles. The molecule has 1 aromatic heterocycles. The first-order valence-corrected chi connectivity index (χ1v) is 5.99. The molecule has 0 amide bonds. The minimum Gasteiger partial charge on any atom is -0.409 e. The molecule has 1 aromatic rings. The van der Waals surface area contributed by atoms with Crippen molar-refractivity contribution in [2.24, 2.45) is 10.9 Å². The molecule has 16 heavy (non-hydrogen) atoms. The molecule has 0 aromatic carbocycles. The summed E-state index contributed by atoms with van der Waals surface area (Å²) < 4.78 is 25.4. The minimum atomic E-state index is -3.51. The number of hydrogen-bond donors (Lipinski definition) is 4. The number of hydrogen-bond acceptors (Lipinski definition) is 5. The number of amidine groups is 1. The summed E-state index contributed by atoms with van der Waals surface area (Å²) in [6.07, 6.45) is 3.27. The summed E-state index contributed by atoms with van der Waals surface area (Å²) in [5, 5.41) is 17.0. The molecule has 90 valence electrons. The second kappa shape index (κ2) is 5.47. The summed E-state index contributed by atoms with van der Waals surface area (Å²) in [4.78, 5) is 0.0799. The molecule has 0 bridgehead atoms. The zero-order chi connectivity index (χ0) is 12.0. The molecular weight excluding hydrogens is 234 g/mol. The van der Waals surface area contributed by atoms with Crippen LogP contribution < -0.4 is 10.5 Å². The Kier molecular flexibility index (Phi) is 4.26. The number of sulfonamides is 1. The van der Waals surface area contributed by atoms with Crippen molar-refractivity contribution in [3.05, 3.63) is 12.4 Å². The van der Waals surface area contributed by atoms with E-state index in [1.165, 1.54) is 12.4 Å². The molecule has 0 radical (unpaired) electrons. The topological polar surface area (TPSA) is 133 Å². The van der Waals surface area contributed by atoms with E-state index in [-0.39, 0.29) is 17.3 Å². The zero-order valence-electron chi connectivity index (χ0n) is 8.42. The van der Waals surface area contributed by atoms with E-state index in [0.29, 0.717) is 12.8 Å². The lowest BCUT2D eigenvalue weighted by molar-refractivity contribution is 0.316. The van der Waals surface area contributed by atoms with E-state index in [1.807, 2.05) is 0 Å². The van der Waals surface area contributed by atoms with Crippen LogP contribution in [0, 0.1) is 0 Å². The third-order valence-electron chi connectivity index (χ3n) is 1.81. The summed E-state index contributed by atoms with van der Waals surface area (Å²) in [5.41, 5.74) is 5.23. The van der Waals surface area contributed by atoms with E-state index in [1.54, 1.807) is 0 Å². The van der Waals surface area contributed by atoms with Gasteiger partial charge in [-0.3, -0.25) is 5.10 Å². The van der Waals surface area contributed by atoms with Crippen molar-refractivity contribution in [1.82, 2.24) is 14.9 Å². The molecule has 0 unspecified atom stereocenters. The van der Waals surface area contributed by atoms with Gasteiger partial charge in [0, 0.05) is 19.2 Å². The van der Waals surface area contributed by atoms with Gasteiger partial charge >= 0.3 is 0 Å².